The third-order valence-corrected chi connectivity index (χ3v) is 2.72. The second-order valence-electron chi connectivity index (χ2n) is 4.64. The van der Waals surface area contributed by atoms with Crippen LogP contribution in [0.2, 0.25) is 0 Å². The summed E-state index contributed by atoms with van der Waals surface area (Å²) < 4.78 is 0. The molecule has 16 heavy (non-hydrogen) atoms. The molecule has 2 amide bonds. The lowest BCUT2D eigenvalue weighted by molar-refractivity contribution is -0.130. The molecule has 1 unspecified atom stereocenters. The zero-order chi connectivity index (χ0) is 12.3. The van der Waals surface area contributed by atoms with Crippen molar-refractivity contribution in [1.82, 2.24) is 10.2 Å². The summed E-state index contributed by atoms with van der Waals surface area (Å²) in [4.78, 5) is 24.9. The summed E-state index contributed by atoms with van der Waals surface area (Å²) in [6.45, 7) is 6.22. The molecule has 2 atom stereocenters. The van der Waals surface area contributed by atoms with Gasteiger partial charge in [-0.3, -0.25) is 9.59 Å². The minimum Gasteiger partial charge on any atom is -0.392 e. The van der Waals surface area contributed by atoms with Crippen LogP contribution >= 0.6 is 0 Å². The molecule has 92 valence electrons. The standard InChI is InChI=1S/C11H20N2O3/c1-7(2)13-6-9(4-10(13)15)11(16)12-5-8(3)14/h7-9,14H,4-6H2,1-3H3,(H,12,16)/t8-,9?/m1/s1. The Bertz CT molecular complexity index is 276. The van der Waals surface area contributed by atoms with Crippen molar-refractivity contribution in [3.63, 3.8) is 0 Å². The van der Waals surface area contributed by atoms with Gasteiger partial charge in [0.2, 0.25) is 11.8 Å². The van der Waals surface area contributed by atoms with E-state index in [1.165, 1.54) is 0 Å². The molecule has 1 rings (SSSR count). The maximum absolute atomic E-state index is 11.7. The largest absolute Gasteiger partial charge is 0.392 e. The van der Waals surface area contributed by atoms with Gasteiger partial charge in [0.25, 0.3) is 0 Å². The van der Waals surface area contributed by atoms with Crippen LogP contribution in [-0.2, 0) is 9.59 Å². The van der Waals surface area contributed by atoms with Gasteiger partial charge in [-0.2, -0.15) is 0 Å². The van der Waals surface area contributed by atoms with Crippen LogP contribution in [0.1, 0.15) is 27.2 Å². The van der Waals surface area contributed by atoms with E-state index in [0.29, 0.717) is 6.54 Å². The van der Waals surface area contributed by atoms with E-state index in [1.807, 2.05) is 13.8 Å². The molecular formula is C11H20N2O3. The Labute approximate surface area is 95.8 Å². The predicted octanol–water partition coefficient (Wildman–Crippen LogP) is -0.260. The Hall–Kier alpha value is -1.10. The Morgan fingerprint density at radius 3 is 2.62 bits per heavy atom. The first-order valence-corrected chi connectivity index (χ1v) is 5.67. The van der Waals surface area contributed by atoms with Crippen molar-refractivity contribution in [2.24, 2.45) is 5.92 Å². The van der Waals surface area contributed by atoms with E-state index in [-0.39, 0.29) is 36.7 Å². The highest BCUT2D eigenvalue weighted by molar-refractivity contribution is 5.89. The SMILES string of the molecule is CC(C)N1CC(C(=O)NC[C@@H](C)O)CC1=O. The van der Waals surface area contributed by atoms with Crippen LogP contribution < -0.4 is 5.32 Å². The van der Waals surface area contributed by atoms with Crippen molar-refractivity contribution >= 4 is 11.8 Å². The Morgan fingerprint density at radius 1 is 1.56 bits per heavy atom. The minimum atomic E-state index is -0.553. The molecule has 0 aliphatic carbocycles. The van der Waals surface area contributed by atoms with Gasteiger partial charge < -0.3 is 15.3 Å². The highest BCUT2D eigenvalue weighted by Crippen LogP contribution is 2.19. The van der Waals surface area contributed by atoms with Gasteiger partial charge in [0, 0.05) is 25.6 Å². The third kappa shape index (κ3) is 3.20. The van der Waals surface area contributed by atoms with Gasteiger partial charge in [-0.1, -0.05) is 0 Å². The molecule has 1 saturated heterocycles. The molecule has 0 aromatic rings. The molecule has 1 fully saturated rings. The minimum absolute atomic E-state index is 0.0344. The van der Waals surface area contributed by atoms with E-state index in [9.17, 15) is 9.59 Å². The summed E-state index contributed by atoms with van der Waals surface area (Å²) in [5.41, 5.74) is 0. The summed E-state index contributed by atoms with van der Waals surface area (Å²) >= 11 is 0. The maximum Gasteiger partial charge on any atom is 0.225 e. The Morgan fingerprint density at radius 2 is 2.19 bits per heavy atom. The summed E-state index contributed by atoms with van der Waals surface area (Å²) in [6.07, 6.45) is -0.272. The number of aliphatic hydroxyl groups excluding tert-OH is 1. The molecule has 1 aliphatic heterocycles. The zero-order valence-corrected chi connectivity index (χ0v) is 10.1. The Balaban J connectivity index is 2.45. The van der Waals surface area contributed by atoms with Gasteiger partial charge in [-0.15, -0.1) is 0 Å². The number of carbonyl (C=O) groups excluding carboxylic acids is 2. The first kappa shape index (κ1) is 13.0. The molecule has 1 aliphatic rings. The van der Waals surface area contributed by atoms with Crippen molar-refractivity contribution < 1.29 is 14.7 Å². The van der Waals surface area contributed by atoms with Crippen molar-refractivity contribution in [3.8, 4) is 0 Å². The summed E-state index contributed by atoms with van der Waals surface area (Å²) in [5.74, 6) is -0.377. The van der Waals surface area contributed by atoms with Crippen LogP contribution in [0, 0.1) is 5.92 Å². The quantitative estimate of drug-likeness (QED) is 0.696. The summed E-state index contributed by atoms with van der Waals surface area (Å²) in [7, 11) is 0. The number of rotatable bonds is 4. The highest BCUT2D eigenvalue weighted by Gasteiger charge is 2.35. The normalized spacial score (nSPS) is 22.7. The van der Waals surface area contributed by atoms with E-state index < -0.39 is 6.10 Å². The highest BCUT2D eigenvalue weighted by atomic mass is 16.3. The summed E-state index contributed by atoms with van der Waals surface area (Å²) in [6, 6.07) is 0.141. The third-order valence-electron chi connectivity index (χ3n) is 2.72. The molecule has 0 spiro atoms. The molecule has 0 bridgehead atoms. The fourth-order valence-electron chi connectivity index (χ4n) is 1.80. The number of nitrogens with zero attached hydrogens (tertiary/aromatic N) is 1. The second kappa shape index (κ2) is 5.30. The van der Waals surface area contributed by atoms with Gasteiger partial charge in [0.05, 0.1) is 12.0 Å². The van der Waals surface area contributed by atoms with Crippen LogP contribution in [-0.4, -0.2) is 47.1 Å². The van der Waals surface area contributed by atoms with Crippen molar-refractivity contribution in [2.45, 2.75) is 39.3 Å². The fraction of sp³-hybridized carbons (Fsp3) is 0.818. The number of hydrogen-bond donors (Lipinski definition) is 2. The van der Waals surface area contributed by atoms with Crippen LogP contribution in [0.15, 0.2) is 0 Å². The average molecular weight is 228 g/mol. The molecule has 5 nitrogen and oxygen atoms in total. The number of carbonyl (C=O) groups is 2. The first-order valence-electron chi connectivity index (χ1n) is 5.67. The molecule has 0 aromatic carbocycles. The number of amides is 2. The molecule has 0 saturated carbocycles. The van der Waals surface area contributed by atoms with E-state index in [1.54, 1.807) is 11.8 Å². The number of aliphatic hydroxyl groups is 1. The lowest BCUT2D eigenvalue weighted by atomic mass is 10.1. The van der Waals surface area contributed by atoms with Crippen LogP contribution in [0.3, 0.4) is 0 Å². The lowest BCUT2D eigenvalue weighted by Gasteiger charge is -2.20. The smallest absolute Gasteiger partial charge is 0.225 e. The topological polar surface area (TPSA) is 69.6 Å². The second-order valence-corrected chi connectivity index (χ2v) is 4.64. The molecule has 5 heteroatoms. The van der Waals surface area contributed by atoms with Crippen molar-refractivity contribution in [2.75, 3.05) is 13.1 Å². The molecule has 0 radical (unpaired) electrons. The zero-order valence-electron chi connectivity index (χ0n) is 10.1. The van der Waals surface area contributed by atoms with Gasteiger partial charge in [-0.05, 0) is 20.8 Å². The van der Waals surface area contributed by atoms with Gasteiger partial charge >= 0.3 is 0 Å². The van der Waals surface area contributed by atoms with E-state index in [2.05, 4.69) is 5.32 Å². The van der Waals surface area contributed by atoms with E-state index in [4.69, 9.17) is 5.11 Å². The summed E-state index contributed by atoms with van der Waals surface area (Å²) in [5, 5.41) is 11.7. The molecule has 1 heterocycles. The van der Waals surface area contributed by atoms with Crippen LogP contribution in [0.4, 0.5) is 0 Å². The molecule has 0 aromatic heterocycles. The van der Waals surface area contributed by atoms with E-state index in [0.717, 1.165) is 0 Å². The predicted molar refractivity (Wildman–Crippen MR) is 59.6 cm³/mol. The van der Waals surface area contributed by atoms with Gasteiger partial charge in [-0.25, -0.2) is 0 Å². The van der Waals surface area contributed by atoms with Crippen molar-refractivity contribution in [1.29, 1.82) is 0 Å². The van der Waals surface area contributed by atoms with Crippen molar-refractivity contribution in [3.05, 3.63) is 0 Å². The molecular weight excluding hydrogens is 208 g/mol. The average Bonchev–Trinajstić information content (AvgIpc) is 2.56. The Kier molecular flexibility index (Phi) is 4.29. The monoisotopic (exact) mass is 228 g/mol. The first-order chi connectivity index (χ1) is 7.41. The number of nitrogens with one attached hydrogen (secondary N) is 1. The number of likely N-dealkylation sites (tertiary alicyclic amines) is 1. The maximum atomic E-state index is 11.7. The number of hydrogen-bond acceptors (Lipinski definition) is 3. The fourth-order valence-corrected chi connectivity index (χ4v) is 1.80. The molecule has 2 N–H and O–H groups in total. The van der Waals surface area contributed by atoms with Gasteiger partial charge in [0.1, 0.15) is 0 Å². The van der Waals surface area contributed by atoms with Crippen LogP contribution in [0.5, 0.6) is 0 Å². The van der Waals surface area contributed by atoms with Crippen LogP contribution in [0.25, 0.3) is 0 Å². The van der Waals surface area contributed by atoms with Gasteiger partial charge in [0.15, 0.2) is 0 Å². The van der Waals surface area contributed by atoms with E-state index >= 15 is 0 Å². The lowest BCUT2D eigenvalue weighted by Crippen LogP contribution is -2.37.